The van der Waals surface area contributed by atoms with E-state index in [4.69, 9.17) is 0 Å². The third kappa shape index (κ3) is 8.74. The molecule has 0 saturated carbocycles. The van der Waals surface area contributed by atoms with Gasteiger partial charge in [-0.1, -0.05) is 0 Å². The topological polar surface area (TPSA) is 18.5 Å². The molecule has 0 radical (unpaired) electrons. The maximum Gasteiger partial charge on any atom is 0.389 e. The number of halogens is 26. The van der Waals surface area contributed by atoms with Gasteiger partial charge in [0.1, 0.15) is 5.91 Å². The molecule has 0 amide bonds. The van der Waals surface area contributed by atoms with Gasteiger partial charge in [0.15, 0.2) is 0 Å². The molecule has 0 aliphatic rings. The molecule has 0 atom stereocenters. The highest BCUT2D eigenvalue weighted by Crippen LogP contribution is 2.62. The van der Waals surface area contributed by atoms with Gasteiger partial charge in [0.05, 0.1) is 10.2 Å². The van der Waals surface area contributed by atoms with Crippen LogP contribution in [0.1, 0.15) is 25.7 Å². The van der Waals surface area contributed by atoms with Gasteiger partial charge in [0, 0.05) is 25.7 Å². The van der Waals surface area contributed by atoms with Gasteiger partial charge in [0.2, 0.25) is 0 Å². The zero-order valence-corrected chi connectivity index (χ0v) is 30.0. The van der Waals surface area contributed by atoms with Gasteiger partial charge in [-0.25, -0.2) is 17.6 Å². The van der Waals surface area contributed by atoms with Crippen LogP contribution in [0.3, 0.4) is 0 Å². The Morgan fingerprint density at radius 2 is 0.577 bits per heavy atom. The normalized spacial score (nSPS) is 16.7. The van der Waals surface area contributed by atoms with Crippen molar-refractivity contribution in [1.29, 1.82) is 0 Å². The van der Waals surface area contributed by atoms with Crippen molar-refractivity contribution in [3.63, 3.8) is 0 Å². The van der Waals surface area contributed by atoms with Crippen LogP contribution in [0.15, 0.2) is 0 Å². The van der Waals surface area contributed by atoms with Crippen molar-refractivity contribution >= 4 is 26.9 Å². The van der Waals surface area contributed by atoms with E-state index in [1.54, 1.807) is 0 Å². The molecule has 31 heteroatoms. The molecule has 0 fully saturated rings. The van der Waals surface area contributed by atoms with Crippen LogP contribution in [0, 0.1) is 0 Å². The van der Waals surface area contributed by atoms with E-state index in [1.165, 1.54) is 0 Å². The second-order valence-corrected chi connectivity index (χ2v) is 20.8. The van der Waals surface area contributed by atoms with E-state index >= 15 is 0 Å². The van der Waals surface area contributed by atoms with Crippen molar-refractivity contribution in [2.24, 2.45) is 0 Å². The van der Waals surface area contributed by atoms with Crippen LogP contribution in [-0.4, -0.2) is 104 Å². The first kappa shape index (κ1) is 50.8. The lowest BCUT2D eigenvalue weighted by Gasteiger charge is -2.46. The summed E-state index contributed by atoms with van der Waals surface area (Å²) in [6.45, 7) is -1.54. The third-order valence-corrected chi connectivity index (χ3v) is 14.1. The Labute approximate surface area is 279 Å². The molecule has 0 spiro atoms. The average molecular weight is 887 g/mol. The second kappa shape index (κ2) is 14.0. The van der Waals surface area contributed by atoms with Gasteiger partial charge < -0.3 is 8.85 Å². The van der Waals surface area contributed by atoms with E-state index in [9.17, 15) is 114 Å². The number of hydrogen-bond donors (Lipinski definition) is 0. The van der Waals surface area contributed by atoms with Crippen LogP contribution < -0.4 is 0 Å². The highest BCUT2D eigenvalue weighted by Gasteiger charge is 2.90. The van der Waals surface area contributed by atoms with Gasteiger partial charge in [-0.15, -0.1) is 0 Å². The molecule has 0 rings (SSSR count). The lowest BCUT2D eigenvalue weighted by atomic mass is 9.95. The molecule has 0 aromatic carbocycles. The number of rotatable bonds is 18. The van der Waals surface area contributed by atoms with Crippen molar-refractivity contribution in [2.75, 3.05) is 0 Å². The van der Waals surface area contributed by atoms with Crippen LogP contribution in [-0.2, 0) is 8.85 Å². The fourth-order valence-corrected chi connectivity index (χ4v) is 11.4. The lowest BCUT2D eigenvalue weighted by molar-refractivity contribution is -0.394. The predicted molar refractivity (Wildman–Crippen MR) is 131 cm³/mol. The molecule has 0 aliphatic carbocycles. The Balaban J connectivity index is 6.63. The Bertz CT molecular complexity index is 1130. The third-order valence-electron chi connectivity index (χ3n) is 7.16. The maximum absolute atomic E-state index is 14.8. The second-order valence-electron chi connectivity index (χ2n) is 12.1. The fraction of sp³-hybridized carbons (Fsp3) is 1.00. The zero-order valence-electron chi connectivity index (χ0n) is 26.0. The van der Waals surface area contributed by atoms with Gasteiger partial charge >= 0.3 is 70.8 Å². The first-order valence-corrected chi connectivity index (χ1v) is 20.3. The maximum atomic E-state index is 14.8. The van der Waals surface area contributed by atoms with Crippen LogP contribution in [0.5, 0.6) is 0 Å². The highest BCUT2D eigenvalue weighted by atomic mass is 28.4. The quantitative estimate of drug-likeness (QED) is 0.0776. The van der Waals surface area contributed by atoms with Crippen molar-refractivity contribution in [3.8, 4) is 0 Å². The number of alkyl halides is 26. The summed E-state index contributed by atoms with van der Waals surface area (Å²) in [4.78, 5) is 0. The van der Waals surface area contributed by atoms with Crippen LogP contribution in [0.4, 0.5) is 114 Å². The molecule has 0 aromatic heterocycles. The highest BCUT2D eigenvalue weighted by molar-refractivity contribution is 6.75. The molecular weight excluding hydrogens is 862 g/mol. The standard InChI is InChI=1S/C21H24F26O2Si3/c1-51(2,20(44,45)18(40,41)16(36,37)14(32,33)10(22,23)5-7-12(26,27)28)48-9(50)49-52(3,4)21(46,47)19(42,43)17(38,39)15(34,35)11(24,25)6-8-13(29,30)31/h9H,5-8H2,1-4,50H3. The molecule has 52 heavy (non-hydrogen) atoms. The summed E-state index contributed by atoms with van der Waals surface area (Å²) in [6.07, 6.45) is -24.4. The zero-order chi connectivity index (χ0) is 42.8. The Hall–Kier alpha value is -1.25. The van der Waals surface area contributed by atoms with E-state index in [2.05, 4.69) is 8.85 Å². The molecule has 2 nitrogen and oxygen atoms in total. The fourth-order valence-electron chi connectivity index (χ4n) is 3.92. The molecule has 314 valence electrons. The minimum absolute atomic E-state index is 0.385. The van der Waals surface area contributed by atoms with E-state index in [0.717, 1.165) is 0 Å². The smallest absolute Gasteiger partial charge is 0.389 e. The molecule has 0 bridgehead atoms. The summed E-state index contributed by atoms with van der Waals surface area (Å²) in [5.74, 6) is -63.7. The van der Waals surface area contributed by atoms with E-state index in [1.807, 2.05) is 0 Å². The monoisotopic (exact) mass is 886 g/mol. The summed E-state index contributed by atoms with van der Waals surface area (Å²) < 4.78 is 366. The summed E-state index contributed by atoms with van der Waals surface area (Å²) >= 11 is 0. The molecular formula is C21H24F26O2Si3. The van der Waals surface area contributed by atoms with Crippen molar-refractivity contribution in [3.05, 3.63) is 0 Å². The van der Waals surface area contributed by atoms with Crippen LogP contribution >= 0.6 is 0 Å². The lowest BCUT2D eigenvalue weighted by Crippen LogP contribution is -2.74. The van der Waals surface area contributed by atoms with Gasteiger partial charge in [-0.05, 0) is 26.2 Å². The Morgan fingerprint density at radius 1 is 0.365 bits per heavy atom. The van der Waals surface area contributed by atoms with Gasteiger partial charge in [0.25, 0.3) is 16.6 Å². The molecule has 0 saturated heterocycles. The number of hydrogen-bond acceptors (Lipinski definition) is 2. The van der Waals surface area contributed by atoms with Gasteiger partial charge in [-0.2, -0.15) is 96.6 Å². The van der Waals surface area contributed by atoms with E-state index < -0.39 is 129 Å². The minimum atomic E-state index is -7.99. The van der Waals surface area contributed by atoms with Crippen LogP contribution in [0.2, 0.25) is 26.2 Å². The summed E-state index contributed by atoms with van der Waals surface area (Å²) in [6, 6.07) is 0. The van der Waals surface area contributed by atoms with E-state index in [0.29, 0.717) is 0 Å². The summed E-state index contributed by atoms with van der Waals surface area (Å²) in [5, 5.41) is 0. The Morgan fingerprint density at radius 3 is 0.769 bits per heavy atom. The van der Waals surface area contributed by atoms with Crippen molar-refractivity contribution in [1.82, 2.24) is 0 Å². The van der Waals surface area contributed by atoms with Crippen molar-refractivity contribution in [2.45, 2.75) is 129 Å². The molecule has 0 aliphatic heterocycles. The minimum Gasteiger partial charge on any atom is -0.390 e. The summed E-state index contributed by atoms with van der Waals surface area (Å²) in [5.41, 5.74) is -13.7. The first-order chi connectivity index (χ1) is 22.0. The molecule has 0 aromatic rings. The van der Waals surface area contributed by atoms with Gasteiger partial charge in [-0.3, -0.25) is 0 Å². The SMILES string of the molecule is C[Si](C)(OC([SiH3])O[Si](C)(C)C(F)(F)C(F)(F)C(F)(F)C(F)(F)C(F)(F)CCC(F)(F)F)C(F)(F)C(F)(F)C(F)(F)C(F)(F)C(F)(F)CCC(F)(F)F. The average Bonchev–Trinajstić information content (AvgIpc) is 2.88. The molecule has 0 N–H and O–H groups in total. The van der Waals surface area contributed by atoms with Crippen LogP contribution in [0.25, 0.3) is 0 Å². The first-order valence-electron chi connectivity index (χ1n) is 13.3. The predicted octanol–water partition coefficient (Wildman–Crippen LogP) is 10.2. The molecule has 0 unspecified atom stereocenters. The summed E-state index contributed by atoms with van der Waals surface area (Å²) in [7, 11) is -14.5. The molecule has 0 heterocycles. The van der Waals surface area contributed by atoms with Crippen molar-refractivity contribution < 1.29 is 123 Å². The Kier molecular flexibility index (Phi) is 13.7. The van der Waals surface area contributed by atoms with E-state index in [-0.39, 0.29) is 26.2 Å². The largest absolute Gasteiger partial charge is 0.390 e.